The van der Waals surface area contributed by atoms with Gasteiger partial charge in [0.15, 0.2) is 0 Å². The Morgan fingerprint density at radius 3 is 1.50 bits per heavy atom. The van der Waals surface area contributed by atoms with Crippen molar-refractivity contribution in [3.8, 4) is 0 Å². The number of hydrogen-bond donors (Lipinski definition) is 3. The monoisotopic (exact) mass is 458 g/mol. The Hall–Kier alpha value is -2.16. The number of carboxylic acids is 3. The van der Waals surface area contributed by atoms with Crippen LogP contribution in [0.3, 0.4) is 0 Å². The zero-order valence-corrected chi connectivity index (χ0v) is 19.6. The van der Waals surface area contributed by atoms with Crippen molar-refractivity contribution in [2.24, 2.45) is 0 Å². The predicted octanol–water partition coefficient (Wildman–Crippen LogP) is 3.46. The highest BCUT2D eigenvalue weighted by Gasteiger charge is 2.16. The van der Waals surface area contributed by atoms with E-state index in [0.29, 0.717) is 58.4 Å². The largest absolute Gasteiger partial charge is 0.481 e. The van der Waals surface area contributed by atoms with Gasteiger partial charge in [0.25, 0.3) is 0 Å². The van der Waals surface area contributed by atoms with Crippen LogP contribution in [-0.4, -0.2) is 81.7 Å². The maximum Gasteiger partial charge on any atom is 0.303 e. The lowest BCUT2D eigenvalue weighted by Gasteiger charge is -2.28. The molecule has 3 N–H and O–H groups in total. The second kappa shape index (κ2) is 19.5. The van der Waals surface area contributed by atoms with Crippen LogP contribution in [0.4, 0.5) is 0 Å². The smallest absolute Gasteiger partial charge is 0.303 e. The van der Waals surface area contributed by atoms with Crippen molar-refractivity contribution in [3.05, 3.63) is 0 Å². The molecule has 0 aromatic carbocycles. The minimum atomic E-state index is -0.891. The summed E-state index contributed by atoms with van der Waals surface area (Å²) in [5.41, 5.74) is 0. The molecule has 0 aromatic heterocycles. The van der Waals surface area contributed by atoms with Gasteiger partial charge in [-0.25, -0.2) is 0 Å². The van der Waals surface area contributed by atoms with E-state index in [1.165, 1.54) is 19.3 Å². The Bertz CT molecular complexity index is 534. The molecule has 186 valence electrons. The third-order valence-corrected chi connectivity index (χ3v) is 5.33. The van der Waals surface area contributed by atoms with Gasteiger partial charge in [-0.1, -0.05) is 39.0 Å². The molecule has 0 aliphatic heterocycles. The molecule has 9 nitrogen and oxygen atoms in total. The highest BCUT2D eigenvalue weighted by molar-refractivity contribution is 5.76. The van der Waals surface area contributed by atoms with Gasteiger partial charge in [-0.05, 0) is 38.8 Å². The number of amides is 1. The summed E-state index contributed by atoms with van der Waals surface area (Å²) >= 11 is 0. The standard InChI is InChI=1S/C23H42N2O7/c1-2-3-4-5-6-7-11-20(26)25(17-10-14-23(31)32)19-18-24(15-8-12-21(27)28)16-9-13-22(29)30/h2-19H2,1H3,(H,27,28)(H,29,30)(H,31,32). The minimum absolute atomic E-state index is 0.00172. The molecule has 0 aromatic rings. The molecule has 0 spiro atoms. The molecule has 0 saturated heterocycles. The first kappa shape index (κ1) is 29.8. The maximum atomic E-state index is 12.7. The number of carbonyl (C=O) groups excluding carboxylic acids is 1. The lowest BCUT2D eigenvalue weighted by molar-refractivity contribution is -0.138. The fourth-order valence-corrected chi connectivity index (χ4v) is 3.50. The van der Waals surface area contributed by atoms with Crippen molar-refractivity contribution in [2.45, 2.75) is 90.4 Å². The van der Waals surface area contributed by atoms with E-state index in [-0.39, 0.29) is 25.2 Å². The molecule has 1 amide bonds. The van der Waals surface area contributed by atoms with Gasteiger partial charge in [0.05, 0.1) is 0 Å². The zero-order chi connectivity index (χ0) is 24.2. The molecule has 0 bridgehead atoms. The molecule has 0 heterocycles. The molecule has 0 fully saturated rings. The quantitative estimate of drug-likeness (QED) is 0.210. The summed E-state index contributed by atoms with van der Waals surface area (Å²) in [6, 6.07) is 0. The van der Waals surface area contributed by atoms with Crippen molar-refractivity contribution in [3.63, 3.8) is 0 Å². The summed E-state index contributed by atoms with van der Waals surface area (Å²) in [5, 5.41) is 26.6. The number of rotatable bonds is 22. The molecule has 0 radical (unpaired) electrons. The summed E-state index contributed by atoms with van der Waals surface area (Å²) in [4.78, 5) is 48.9. The van der Waals surface area contributed by atoms with Gasteiger partial charge in [-0.15, -0.1) is 0 Å². The summed E-state index contributed by atoms with van der Waals surface area (Å²) < 4.78 is 0. The Morgan fingerprint density at radius 2 is 1.00 bits per heavy atom. The molecule has 0 aliphatic rings. The Balaban J connectivity index is 4.72. The van der Waals surface area contributed by atoms with Crippen molar-refractivity contribution < 1.29 is 34.5 Å². The van der Waals surface area contributed by atoms with Gasteiger partial charge in [0.2, 0.25) is 5.91 Å². The van der Waals surface area contributed by atoms with Crippen LogP contribution < -0.4 is 0 Å². The zero-order valence-electron chi connectivity index (χ0n) is 19.6. The first-order valence-corrected chi connectivity index (χ1v) is 11.9. The van der Waals surface area contributed by atoms with E-state index in [1.54, 1.807) is 4.90 Å². The number of carbonyl (C=O) groups is 4. The van der Waals surface area contributed by atoms with E-state index in [1.807, 2.05) is 4.90 Å². The average Bonchev–Trinajstić information content (AvgIpc) is 2.71. The second-order valence-electron chi connectivity index (χ2n) is 8.23. The van der Waals surface area contributed by atoms with E-state index in [0.717, 1.165) is 19.3 Å². The molecule has 0 atom stereocenters. The van der Waals surface area contributed by atoms with Crippen molar-refractivity contribution in [2.75, 3.05) is 32.7 Å². The topological polar surface area (TPSA) is 135 Å². The highest BCUT2D eigenvalue weighted by atomic mass is 16.4. The lowest BCUT2D eigenvalue weighted by atomic mass is 10.1. The third-order valence-electron chi connectivity index (χ3n) is 5.33. The van der Waals surface area contributed by atoms with Gasteiger partial charge in [-0.2, -0.15) is 0 Å². The number of unbranched alkanes of at least 4 members (excludes halogenated alkanes) is 5. The molecule has 0 rings (SSSR count). The predicted molar refractivity (Wildman–Crippen MR) is 122 cm³/mol. The first-order valence-electron chi connectivity index (χ1n) is 11.9. The van der Waals surface area contributed by atoms with E-state index in [9.17, 15) is 19.2 Å². The second-order valence-corrected chi connectivity index (χ2v) is 8.23. The molecule has 9 heteroatoms. The first-order chi connectivity index (χ1) is 15.3. The summed E-state index contributed by atoms with van der Waals surface area (Å²) in [6.07, 6.45) is 8.29. The molecular formula is C23H42N2O7. The van der Waals surface area contributed by atoms with Crippen LogP contribution in [0.15, 0.2) is 0 Å². The fourth-order valence-electron chi connectivity index (χ4n) is 3.50. The van der Waals surface area contributed by atoms with Crippen LogP contribution in [-0.2, 0) is 19.2 Å². The van der Waals surface area contributed by atoms with Crippen molar-refractivity contribution in [1.29, 1.82) is 0 Å². The van der Waals surface area contributed by atoms with Crippen LogP contribution in [0, 0.1) is 0 Å². The molecule has 0 aliphatic carbocycles. The maximum absolute atomic E-state index is 12.7. The number of carboxylic acid groups (broad SMARTS) is 3. The number of nitrogens with zero attached hydrogens (tertiary/aromatic N) is 2. The van der Waals surface area contributed by atoms with Crippen molar-refractivity contribution in [1.82, 2.24) is 9.80 Å². The van der Waals surface area contributed by atoms with Crippen molar-refractivity contribution >= 4 is 23.8 Å². The van der Waals surface area contributed by atoms with E-state index in [2.05, 4.69) is 6.92 Å². The normalized spacial score (nSPS) is 10.9. The van der Waals surface area contributed by atoms with Crippen LogP contribution >= 0.6 is 0 Å². The van der Waals surface area contributed by atoms with Gasteiger partial charge in [-0.3, -0.25) is 19.2 Å². The highest BCUT2D eigenvalue weighted by Crippen LogP contribution is 2.10. The van der Waals surface area contributed by atoms with E-state index >= 15 is 0 Å². The van der Waals surface area contributed by atoms with Gasteiger partial charge in [0.1, 0.15) is 0 Å². The Labute approximate surface area is 191 Å². The summed E-state index contributed by atoms with van der Waals surface area (Å²) in [6.45, 7) is 4.49. The molecule has 0 unspecified atom stereocenters. The fraction of sp³-hybridized carbons (Fsp3) is 0.826. The third kappa shape index (κ3) is 18.6. The van der Waals surface area contributed by atoms with Gasteiger partial charge < -0.3 is 25.1 Å². The number of aliphatic carboxylic acids is 3. The number of hydrogen-bond acceptors (Lipinski definition) is 5. The molecular weight excluding hydrogens is 416 g/mol. The van der Waals surface area contributed by atoms with Crippen LogP contribution in [0.25, 0.3) is 0 Å². The molecule has 0 saturated carbocycles. The lowest BCUT2D eigenvalue weighted by Crippen LogP contribution is -2.40. The summed E-state index contributed by atoms with van der Waals surface area (Å²) in [5.74, 6) is -2.63. The van der Waals surface area contributed by atoms with Crippen LogP contribution in [0.1, 0.15) is 90.4 Å². The Morgan fingerprint density at radius 1 is 0.531 bits per heavy atom. The van der Waals surface area contributed by atoms with Gasteiger partial charge in [0, 0.05) is 45.3 Å². The van der Waals surface area contributed by atoms with Gasteiger partial charge >= 0.3 is 17.9 Å². The summed E-state index contributed by atoms with van der Waals surface area (Å²) in [7, 11) is 0. The minimum Gasteiger partial charge on any atom is -0.481 e. The molecule has 32 heavy (non-hydrogen) atoms. The Kier molecular flexibility index (Phi) is 18.2. The van der Waals surface area contributed by atoms with Crippen LogP contribution in [0.5, 0.6) is 0 Å². The average molecular weight is 459 g/mol. The van der Waals surface area contributed by atoms with E-state index < -0.39 is 17.9 Å². The SMILES string of the molecule is CCCCCCCCC(=O)N(CCCC(=O)O)CCN(CCCC(=O)O)CCCC(=O)O. The van der Waals surface area contributed by atoms with Crippen LogP contribution in [0.2, 0.25) is 0 Å². The van der Waals surface area contributed by atoms with E-state index in [4.69, 9.17) is 15.3 Å².